The van der Waals surface area contributed by atoms with Crippen LogP contribution in [0, 0.1) is 0 Å². The Kier molecular flexibility index (Phi) is 8.47. The minimum Gasteiger partial charge on any atom is -0.493 e. The number of aromatic nitrogens is 2. The van der Waals surface area contributed by atoms with Gasteiger partial charge in [0.15, 0.2) is 0 Å². The number of aryl methyl sites for hydroxylation is 1. The van der Waals surface area contributed by atoms with Crippen molar-refractivity contribution in [1.82, 2.24) is 9.55 Å². The number of hydrogen-bond donors (Lipinski definition) is 1. The van der Waals surface area contributed by atoms with E-state index in [1.807, 2.05) is 54.8 Å². The zero-order valence-corrected chi connectivity index (χ0v) is 21.3. The predicted molar refractivity (Wildman–Crippen MR) is 147 cm³/mol. The zero-order chi connectivity index (χ0) is 25.5. The van der Waals surface area contributed by atoms with Gasteiger partial charge in [0, 0.05) is 23.3 Å². The first-order valence-corrected chi connectivity index (χ1v) is 12.4. The zero-order valence-electron chi connectivity index (χ0n) is 19.8. The first-order chi connectivity index (χ1) is 17.4. The summed E-state index contributed by atoms with van der Waals surface area (Å²) in [5.41, 5.74) is 5.00. The van der Waals surface area contributed by atoms with Crippen LogP contribution in [-0.4, -0.2) is 27.2 Å². The molecule has 0 fully saturated rings. The third-order valence-corrected chi connectivity index (χ3v) is 6.26. The Morgan fingerprint density at radius 1 is 1.14 bits per heavy atom. The number of nitrogens with zero attached hydrogens (tertiary/aromatic N) is 2. The molecule has 0 atom stereocenters. The van der Waals surface area contributed by atoms with Gasteiger partial charge in [0.05, 0.1) is 23.7 Å². The standard InChI is InChI=1S/C29H26Cl2N2O3/c1-2-33-19-27(25-14-12-23(30)18-26(25)31)32-28(33)15-8-20-6-9-22(10-7-20)21-4-3-5-24(13-11-21)36-17-16-29(34)35/h3,5-15,18-19H,2,4,16-17H2,1H3,(H,34,35)/b15-8+. The van der Waals surface area contributed by atoms with Gasteiger partial charge in [-0.25, -0.2) is 4.98 Å². The Balaban J connectivity index is 1.47. The Morgan fingerprint density at radius 3 is 2.67 bits per heavy atom. The lowest BCUT2D eigenvalue weighted by Crippen LogP contribution is -2.01. The van der Waals surface area contributed by atoms with Gasteiger partial charge in [0.25, 0.3) is 0 Å². The fraction of sp³-hybridized carbons (Fsp3) is 0.172. The first kappa shape index (κ1) is 25.5. The van der Waals surface area contributed by atoms with Gasteiger partial charge in [-0.05, 0) is 66.5 Å². The molecule has 4 rings (SSSR count). The predicted octanol–water partition coefficient (Wildman–Crippen LogP) is 7.77. The molecule has 1 N–H and O–H groups in total. The number of ether oxygens (including phenoxy) is 1. The molecule has 7 heteroatoms. The van der Waals surface area contributed by atoms with Crippen LogP contribution in [0.1, 0.15) is 36.7 Å². The molecule has 184 valence electrons. The van der Waals surface area contributed by atoms with Crippen LogP contribution in [0.25, 0.3) is 29.0 Å². The molecular formula is C29H26Cl2N2O3. The van der Waals surface area contributed by atoms with Crippen molar-refractivity contribution in [1.29, 1.82) is 0 Å². The summed E-state index contributed by atoms with van der Waals surface area (Å²) in [6.45, 7) is 3.02. The van der Waals surface area contributed by atoms with Gasteiger partial charge in [-0.1, -0.05) is 65.7 Å². The maximum absolute atomic E-state index is 10.7. The van der Waals surface area contributed by atoms with E-state index < -0.39 is 5.97 Å². The molecule has 1 aromatic heterocycles. The van der Waals surface area contributed by atoms with Gasteiger partial charge >= 0.3 is 5.97 Å². The van der Waals surface area contributed by atoms with Crippen LogP contribution in [-0.2, 0) is 16.1 Å². The summed E-state index contributed by atoms with van der Waals surface area (Å²) in [5.74, 6) is 0.639. The second-order valence-corrected chi connectivity index (χ2v) is 9.05. The van der Waals surface area contributed by atoms with E-state index in [2.05, 4.69) is 35.8 Å². The number of aliphatic carboxylic acids is 1. The van der Waals surface area contributed by atoms with Gasteiger partial charge in [0.1, 0.15) is 11.6 Å². The van der Waals surface area contributed by atoms with Crippen molar-refractivity contribution < 1.29 is 14.6 Å². The van der Waals surface area contributed by atoms with Crippen LogP contribution in [0.15, 0.2) is 78.7 Å². The average molecular weight is 521 g/mol. The molecular weight excluding hydrogens is 495 g/mol. The van der Waals surface area contributed by atoms with Gasteiger partial charge in [-0.2, -0.15) is 0 Å². The molecule has 1 aliphatic rings. The maximum atomic E-state index is 10.7. The smallest absolute Gasteiger partial charge is 0.306 e. The molecule has 0 bridgehead atoms. The van der Waals surface area contributed by atoms with Crippen molar-refractivity contribution in [3.05, 3.63) is 106 Å². The van der Waals surface area contributed by atoms with E-state index in [1.165, 1.54) is 0 Å². The highest BCUT2D eigenvalue weighted by Crippen LogP contribution is 2.30. The number of allylic oxidation sites excluding steroid dienone is 5. The molecule has 0 radical (unpaired) electrons. The molecule has 0 spiro atoms. The largest absolute Gasteiger partial charge is 0.493 e. The molecule has 0 saturated heterocycles. The quantitative estimate of drug-likeness (QED) is 0.313. The summed E-state index contributed by atoms with van der Waals surface area (Å²) in [4.78, 5) is 15.4. The van der Waals surface area contributed by atoms with Crippen LogP contribution in [0.5, 0.6) is 0 Å². The maximum Gasteiger partial charge on any atom is 0.306 e. The number of carbonyl (C=O) groups is 1. The van der Waals surface area contributed by atoms with Crippen LogP contribution in [0.4, 0.5) is 0 Å². The van der Waals surface area contributed by atoms with Crippen LogP contribution in [0.2, 0.25) is 10.0 Å². The van der Waals surface area contributed by atoms with Gasteiger partial charge < -0.3 is 14.4 Å². The molecule has 1 aliphatic carbocycles. The molecule has 0 amide bonds. The highest BCUT2D eigenvalue weighted by Gasteiger charge is 2.11. The van der Waals surface area contributed by atoms with E-state index in [9.17, 15) is 4.79 Å². The van der Waals surface area contributed by atoms with Crippen molar-refractivity contribution in [3.8, 4) is 11.3 Å². The minimum absolute atomic E-state index is 0.0224. The van der Waals surface area contributed by atoms with E-state index in [0.717, 1.165) is 46.7 Å². The molecule has 0 saturated carbocycles. The summed E-state index contributed by atoms with van der Waals surface area (Å²) in [7, 11) is 0. The Labute approximate surface area is 220 Å². The number of hydrogen-bond acceptors (Lipinski definition) is 3. The Morgan fingerprint density at radius 2 is 1.94 bits per heavy atom. The monoisotopic (exact) mass is 520 g/mol. The molecule has 0 unspecified atom stereocenters. The van der Waals surface area contributed by atoms with Crippen LogP contribution < -0.4 is 0 Å². The average Bonchev–Trinajstić information content (AvgIpc) is 3.12. The van der Waals surface area contributed by atoms with E-state index in [-0.39, 0.29) is 13.0 Å². The number of rotatable bonds is 9. The van der Waals surface area contributed by atoms with Crippen LogP contribution >= 0.6 is 23.2 Å². The molecule has 36 heavy (non-hydrogen) atoms. The summed E-state index contributed by atoms with van der Waals surface area (Å²) in [5, 5.41) is 9.93. The van der Waals surface area contributed by atoms with Gasteiger partial charge in [-0.15, -0.1) is 0 Å². The number of imidazole rings is 1. The second-order valence-electron chi connectivity index (χ2n) is 8.21. The third kappa shape index (κ3) is 6.56. The summed E-state index contributed by atoms with van der Waals surface area (Å²) < 4.78 is 7.61. The molecule has 5 nitrogen and oxygen atoms in total. The Hall–Kier alpha value is -3.54. The van der Waals surface area contributed by atoms with Crippen molar-refractivity contribution >= 4 is 46.9 Å². The van der Waals surface area contributed by atoms with Crippen LogP contribution in [0.3, 0.4) is 0 Å². The van der Waals surface area contributed by atoms with Crippen molar-refractivity contribution in [2.45, 2.75) is 26.3 Å². The lowest BCUT2D eigenvalue weighted by Gasteiger charge is -2.05. The highest BCUT2D eigenvalue weighted by atomic mass is 35.5. The minimum atomic E-state index is -0.872. The fourth-order valence-corrected chi connectivity index (χ4v) is 4.30. The lowest BCUT2D eigenvalue weighted by molar-refractivity contribution is -0.137. The SMILES string of the molecule is CCn1cc(-c2ccc(Cl)cc2Cl)nc1/C=C/c1ccc(C2=CC=C(OCCC(=O)O)C=CC2)cc1. The molecule has 1 heterocycles. The number of halogens is 2. The third-order valence-electron chi connectivity index (χ3n) is 5.71. The summed E-state index contributed by atoms with van der Waals surface area (Å²) >= 11 is 12.4. The normalized spacial score (nSPS) is 13.4. The summed E-state index contributed by atoms with van der Waals surface area (Å²) in [6, 6.07) is 13.8. The van der Waals surface area contributed by atoms with E-state index in [1.54, 1.807) is 6.07 Å². The first-order valence-electron chi connectivity index (χ1n) is 11.7. The van der Waals surface area contributed by atoms with E-state index >= 15 is 0 Å². The molecule has 0 aliphatic heterocycles. The van der Waals surface area contributed by atoms with E-state index in [4.69, 9.17) is 38.0 Å². The van der Waals surface area contributed by atoms with Gasteiger partial charge in [-0.3, -0.25) is 4.79 Å². The summed E-state index contributed by atoms with van der Waals surface area (Å²) in [6.07, 6.45) is 14.6. The number of carboxylic acid groups (broad SMARTS) is 1. The lowest BCUT2D eigenvalue weighted by atomic mass is 10.0. The molecule has 3 aromatic rings. The number of benzene rings is 2. The fourth-order valence-electron chi connectivity index (χ4n) is 3.80. The Bertz CT molecular complexity index is 1370. The van der Waals surface area contributed by atoms with Crippen molar-refractivity contribution in [2.24, 2.45) is 0 Å². The number of carboxylic acids is 1. The van der Waals surface area contributed by atoms with E-state index in [0.29, 0.717) is 15.8 Å². The second kappa shape index (κ2) is 11.9. The molecule has 2 aromatic carbocycles. The van der Waals surface area contributed by atoms with Gasteiger partial charge in [0.2, 0.25) is 0 Å². The van der Waals surface area contributed by atoms with Crippen molar-refractivity contribution in [2.75, 3.05) is 6.61 Å². The van der Waals surface area contributed by atoms with Crippen molar-refractivity contribution in [3.63, 3.8) is 0 Å². The topological polar surface area (TPSA) is 64.4 Å². The highest BCUT2D eigenvalue weighted by molar-refractivity contribution is 6.36.